The Morgan fingerprint density at radius 2 is 2.06 bits per heavy atom. The van der Waals surface area contributed by atoms with E-state index < -0.39 is 0 Å². The summed E-state index contributed by atoms with van der Waals surface area (Å²) < 4.78 is 2.07. The molecule has 8 nitrogen and oxygen atoms in total. The maximum atomic E-state index is 9.92. The molecule has 3 aromatic rings. The second-order valence-electron chi connectivity index (χ2n) is 9.88. The van der Waals surface area contributed by atoms with Gasteiger partial charge in [-0.05, 0) is 50.9 Å². The summed E-state index contributed by atoms with van der Waals surface area (Å²) in [6.45, 7) is 10.4. The monoisotopic (exact) mass is 475 g/mol. The van der Waals surface area contributed by atoms with Crippen molar-refractivity contribution in [2.75, 3.05) is 5.73 Å². The Labute approximate surface area is 207 Å². The van der Waals surface area contributed by atoms with E-state index in [0.29, 0.717) is 47.5 Å². The lowest BCUT2D eigenvalue weighted by molar-refractivity contribution is 0.188. The molecule has 3 heterocycles. The van der Waals surface area contributed by atoms with Gasteiger partial charge in [-0.2, -0.15) is 5.10 Å². The Bertz CT molecular complexity index is 1210. The highest BCUT2D eigenvalue weighted by atomic mass is 16.3. The zero-order valence-corrected chi connectivity index (χ0v) is 21.1. The number of aliphatic imine (C=N–C) groups is 1. The molecule has 186 valence electrons. The molecule has 1 saturated carbocycles. The third-order valence-electron chi connectivity index (χ3n) is 6.68. The van der Waals surface area contributed by atoms with Crippen LogP contribution in [0.1, 0.15) is 77.5 Å². The van der Waals surface area contributed by atoms with Crippen molar-refractivity contribution in [1.82, 2.24) is 24.7 Å². The summed E-state index contributed by atoms with van der Waals surface area (Å²) in [6.07, 6.45) is 14.3. The minimum Gasteiger partial charge on any atom is -0.393 e. The van der Waals surface area contributed by atoms with E-state index in [1.165, 1.54) is 0 Å². The molecular formula is C27H37N7O. The Hall–Kier alpha value is -3.13. The van der Waals surface area contributed by atoms with Gasteiger partial charge >= 0.3 is 0 Å². The molecule has 0 saturated heterocycles. The molecule has 1 aliphatic rings. The number of anilines is 1. The van der Waals surface area contributed by atoms with Gasteiger partial charge in [-0.3, -0.25) is 4.68 Å². The fraction of sp³-hybridized carbons (Fsp3) is 0.519. The predicted molar refractivity (Wildman–Crippen MR) is 142 cm³/mol. The van der Waals surface area contributed by atoms with E-state index in [4.69, 9.17) is 25.8 Å². The van der Waals surface area contributed by atoms with Crippen LogP contribution in [0.15, 0.2) is 36.2 Å². The normalized spacial score (nSPS) is 18.1. The van der Waals surface area contributed by atoms with Gasteiger partial charge in [-0.15, -0.1) is 6.58 Å². The highest BCUT2D eigenvalue weighted by Gasteiger charge is 2.21. The molecule has 0 amide bonds. The van der Waals surface area contributed by atoms with E-state index in [0.717, 1.165) is 61.1 Å². The average molecular weight is 476 g/mol. The summed E-state index contributed by atoms with van der Waals surface area (Å²) in [5, 5.41) is 14.6. The average Bonchev–Trinajstić information content (AvgIpc) is 3.48. The molecule has 3 N–H and O–H groups in total. The van der Waals surface area contributed by atoms with Crippen molar-refractivity contribution in [3.8, 4) is 11.1 Å². The Kier molecular flexibility index (Phi) is 7.90. The molecule has 3 aromatic heterocycles. The van der Waals surface area contributed by atoms with Crippen LogP contribution in [0.2, 0.25) is 0 Å². The lowest BCUT2D eigenvalue weighted by Crippen LogP contribution is -2.10. The number of aromatic nitrogens is 5. The van der Waals surface area contributed by atoms with Crippen molar-refractivity contribution < 1.29 is 5.11 Å². The van der Waals surface area contributed by atoms with Crippen LogP contribution in [-0.2, 0) is 6.42 Å². The van der Waals surface area contributed by atoms with Gasteiger partial charge in [-0.1, -0.05) is 26.8 Å². The number of nitrogens with zero attached hydrogens (tertiary/aromatic N) is 6. The van der Waals surface area contributed by atoms with Gasteiger partial charge in [0.25, 0.3) is 0 Å². The summed E-state index contributed by atoms with van der Waals surface area (Å²) in [5.41, 5.74) is 11.0. The number of aryl methyl sites for hydroxylation is 1. The third kappa shape index (κ3) is 5.75. The summed E-state index contributed by atoms with van der Waals surface area (Å²) >= 11 is 0. The molecule has 4 rings (SSSR count). The molecule has 0 aliphatic heterocycles. The Morgan fingerprint density at radius 3 is 2.74 bits per heavy atom. The van der Waals surface area contributed by atoms with Crippen LogP contribution < -0.4 is 5.73 Å². The number of aliphatic hydroxyl groups excluding tert-OH is 1. The number of allylic oxidation sites excluding steroid dienone is 1. The predicted octanol–water partition coefficient (Wildman–Crippen LogP) is 5.59. The lowest BCUT2D eigenvalue weighted by atomic mass is 10.00. The zero-order chi connectivity index (χ0) is 24.9. The standard InChI is InChI=1S/C27H37N7O/c1-5-7-8-20(11-9-17(3)4)34-16-18(14-30-34)22-15-29-26(28)25-24(22)33-27(23(6-2)32-25)31-19-10-12-21(35)13-19/h5,14-17,20-21,35H,1,6-13H2,2-4H3,(H2,28,29)/b31-19+/t20?,21-/m0/s1. The van der Waals surface area contributed by atoms with E-state index in [-0.39, 0.29) is 6.10 Å². The van der Waals surface area contributed by atoms with Crippen molar-refractivity contribution in [2.45, 2.75) is 84.3 Å². The number of aliphatic hydroxyl groups is 1. The number of fused-ring (bicyclic) bond motifs is 1. The molecule has 8 heteroatoms. The molecule has 35 heavy (non-hydrogen) atoms. The molecule has 0 radical (unpaired) electrons. The number of hydrogen-bond acceptors (Lipinski definition) is 7. The first kappa shape index (κ1) is 25.0. The van der Waals surface area contributed by atoms with Crippen LogP contribution in [0.25, 0.3) is 22.2 Å². The van der Waals surface area contributed by atoms with E-state index in [2.05, 4.69) is 36.3 Å². The van der Waals surface area contributed by atoms with Crippen molar-refractivity contribution >= 4 is 28.4 Å². The maximum absolute atomic E-state index is 9.92. The second kappa shape index (κ2) is 11.1. The van der Waals surface area contributed by atoms with Gasteiger partial charge in [-0.25, -0.2) is 19.9 Å². The molecule has 1 unspecified atom stereocenters. The minimum absolute atomic E-state index is 0.311. The summed E-state index contributed by atoms with van der Waals surface area (Å²) in [7, 11) is 0. The SMILES string of the molecule is C=CCCC(CCC(C)C)n1cc(-c2cnc(N)c3nc(CC)c(/N=C4\CC[C@H](O)C4)nc23)cn1. The zero-order valence-electron chi connectivity index (χ0n) is 21.1. The lowest BCUT2D eigenvalue weighted by Gasteiger charge is -2.18. The van der Waals surface area contributed by atoms with E-state index in [1.54, 1.807) is 6.20 Å². The number of rotatable bonds is 10. The molecule has 2 atom stereocenters. The van der Waals surface area contributed by atoms with Crippen molar-refractivity contribution in [1.29, 1.82) is 0 Å². The minimum atomic E-state index is -0.321. The molecule has 0 aromatic carbocycles. The Morgan fingerprint density at radius 1 is 1.23 bits per heavy atom. The number of pyridine rings is 1. The summed E-state index contributed by atoms with van der Waals surface area (Å²) in [4.78, 5) is 19.0. The van der Waals surface area contributed by atoms with Crippen LogP contribution in [0.4, 0.5) is 11.6 Å². The quantitative estimate of drug-likeness (QED) is 0.369. The van der Waals surface area contributed by atoms with E-state index >= 15 is 0 Å². The third-order valence-corrected chi connectivity index (χ3v) is 6.68. The summed E-state index contributed by atoms with van der Waals surface area (Å²) in [5.74, 6) is 1.60. The van der Waals surface area contributed by atoms with Crippen LogP contribution in [0.5, 0.6) is 0 Å². The smallest absolute Gasteiger partial charge is 0.174 e. The van der Waals surface area contributed by atoms with Gasteiger partial charge < -0.3 is 10.8 Å². The fourth-order valence-electron chi connectivity index (χ4n) is 4.60. The second-order valence-corrected chi connectivity index (χ2v) is 9.88. The Balaban J connectivity index is 1.75. The molecule has 0 spiro atoms. The largest absolute Gasteiger partial charge is 0.393 e. The molecule has 0 bridgehead atoms. The number of hydrogen-bond donors (Lipinski definition) is 2. The van der Waals surface area contributed by atoms with E-state index in [9.17, 15) is 5.11 Å². The topological polar surface area (TPSA) is 115 Å². The highest BCUT2D eigenvalue weighted by molar-refractivity contribution is 5.97. The van der Waals surface area contributed by atoms with Crippen molar-refractivity contribution in [3.63, 3.8) is 0 Å². The van der Waals surface area contributed by atoms with Gasteiger partial charge in [0.1, 0.15) is 11.0 Å². The fourth-order valence-corrected chi connectivity index (χ4v) is 4.60. The highest BCUT2D eigenvalue weighted by Crippen LogP contribution is 2.33. The first-order valence-corrected chi connectivity index (χ1v) is 12.7. The number of nitrogen functional groups attached to an aromatic ring is 1. The van der Waals surface area contributed by atoms with Gasteiger partial charge in [0.15, 0.2) is 11.6 Å². The number of nitrogens with two attached hydrogens (primary N) is 1. The van der Waals surface area contributed by atoms with Crippen molar-refractivity contribution in [3.05, 3.63) is 36.9 Å². The van der Waals surface area contributed by atoms with Crippen LogP contribution in [0.3, 0.4) is 0 Å². The molecule has 1 fully saturated rings. The first-order valence-electron chi connectivity index (χ1n) is 12.7. The van der Waals surface area contributed by atoms with Gasteiger partial charge in [0.05, 0.1) is 24.0 Å². The van der Waals surface area contributed by atoms with Crippen LogP contribution >= 0.6 is 0 Å². The maximum Gasteiger partial charge on any atom is 0.174 e. The van der Waals surface area contributed by atoms with Gasteiger partial charge in [0, 0.05) is 35.7 Å². The molecular weight excluding hydrogens is 438 g/mol. The van der Waals surface area contributed by atoms with Crippen LogP contribution in [-0.4, -0.2) is 41.7 Å². The molecule has 1 aliphatic carbocycles. The van der Waals surface area contributed by atoms with Gasteiger partial charge in [0.2, 0.25) is 0 Å². The van der Waals surface area contributed by atoms with E-state index in [1.807, 2.05) is 19.2 Å². The first-order chi connectivity index (χ1) is 16.9. The van der Waals surface area contributed by atoms with Crippen molar-refractivity contribution in [2.24, 2.45) is 10.9 Å². The van der Waals surface area contributed by atoms with Crippen LogP contribution in [0, 0.1) is 5.92 Å². The summed E-state index contributed by atoms with van der Waals surface area (Å²) in [6, 6.07) is 0.311.